The minimum Gasteiger partial charge on any atom is -0.380 e. The van der Waals surface area contributed by atoms with Gasteiger partial charge in [-0.2, -0.15) is 0 Å². The van der Waals surface area contributed by atoms with E-state index in [0.717, 1.165) is 12.8 Å². The molecule has 14 heavy (non-hydrogen) atoms. The fourth-order valence-corrected chi connectivity index (χ4v) is 4.41. The predicted molar refractivity (Wildman–Crippen MR) is 54.0 cm³/mol. The van der Waals surface area contributed by atoms with E-state index in [1.807, 2.05) is 6.92 Å². The normalized spacial score (nSPS) is 41.6. The third-order valence-electron chi connectivity index (χ3n) is 3.14. The first-order valence-corrected chi connectivity index (χ1v) is 6.90. The van der Waals surface area contributed by atoms with Gasteiger partial charge in [0.15, 0.2) is 9.84 Å². The quantitative estimate of drug-likeness (QED) is 0.671. The van der Waals surface area contributed by atoms with Gasteiger partial charge in [-0.1, -0.05) is 6.92 Å². The molecule has 0 aromatic rings. The first-order valence-electron chi connectivity index (χ1n) is 5.19. The highest BCUT2D eigenvalue weighted by molar-refractivity contribution is 7.92. The van der Waals surface area contributed by atoms with Gasteiger partial charge in [0.05, 0.1) is 12.4 Å². The van der Waals surface area contributed by atoms with Gasteiger partial charge in [-0.15, -0.1) is 0 Å². The van der Waals surface area contributed by atoms with Gasteiger partial charge in [0.2, 0.25) is 0 Å². The molecule has 0 spiro atoms. The summed E-state index contributed by atoms with van der Waals surface area (Å²) in [5.41, 5.74) is 0. The van der Waals surface area contributed by atoms with Crippen molar-refractivity contribution >= 4 is 9.84 Å². The van der Waals surface area contributed by atoms with Crippen LogP contribution in [0.25, 0.3) is 0 Å². The van der Waals surface area contributed by atoms with Gasteiger partial charge < -0.3 is 10.1 Å². The molecule has 4 nitrogen and oxygen atoms in total. The molecule has 3 unspecified atom stereocenters. The van der Waals surface area contributed by atoms with Crippen LogP contribution in [-0.4, -0.2) is 44.7 Å². The van der Waals surface area contributed by atoms with Crippen LogP contribution in [0.3, 0.4) is 0 Å². The zero-order valence-corrected chi connectivity index (χ0v) is 9.22. The molecule has 0 aromatic heterocycles. The van der Waals surface area contributed by atoms with Crippen molar-refractivity contribution in [2.45, 2.75) is 37.1 Å². The van der Waals surface area contributed by atoms with E-state index in [1.54, 1.807) is 0 Å². The Morgan fingerprint density at radius 1 is 1.50 bits per heavy atom. The Labute approximate surface area is 84.9 Å². The van der Waals surface area contributed by atoms with E-state index in [2.05, 4.69) is 5.32 Å². The molecule has 2 aliphatic heterocycles. The highest BCUT2D eigenvalue weighted by Gasteiger charge is 2.42. The van der Waals surface area contributed by atoms with Gasteiger partial charge in [0.1, 0.15) is 5.25 Å². The van der Waals surface area contributed by atoms with E-state index in [4.69, 9.17) is 4.74 Å². The zero-order valence-electron chi connectivity index (χ0n) is 8.40. The van der Waals surface area contributed by atoms with Gasteiger partial charge in [-0.05, 0) is 12.8 Å². The number of fused-ring (bicyclic) bond motifs is 1. The maximum atomic E-state index is 11.9. The third kappa shape index (κ3) is 1.81. The molecule has 2 heterocycles. The van der Waals surface area contributed by atoms with Gasteiger partial charge in [-0.25, -0.2) is 8.42 Å². The zero-order chi connectivity index (χ0) is 10.2. The molecule has 82 valence electrons. The maximum absolute atomic E-state index is 11.9. The highest BCUT2D eigenvalue weighted by atomic mass is 32.2. The summed E-state index contributed by atoms with van der Waals surface area (Å²) >= 11 is 0. The van der Waals surface area contributed by atoms with E-state index in [9.17, 15) is 8.42 Å². The van der Waals surface area contributed by atoms with Crippen LogP contribution in [0, 0.1) is 0 Å². The molecule has 0 aromatic carbocycles. The number of hydrogen-bond acceptors (Lipinski definition) is 4. The van der Waals surface area contributed by atoms with E-state index >= 15 is 0 Å². The summed E-state index contributed by atoms with van der Waals surface area (Å²) in [6, 6.07) is 0.256. The summed E-state index contributed by atoms with van der Waals surface area (Å²) in [6.45, 7) is 3.07. The van der Waals surface area contributed by atoms with E-state index < -0.39 is 9.84 Å². The topological polar surface area (TPSA) is 55.4 Å². The lowest BCUT2D eigenvalue weighted by Crippen LogP contribution is -2.60. The van der Waals surface area contributed by atoms with Crippen LogP contribution >= 0.6 is 0 Å². The van der Waals surface area contributed by atoms with Gasteiger partial charge in [-0.3, -0.25) is 0 Å². The van der Waals surface area contributed by atoms with Crippen LogP contribution in [0.15, 0.2) is 0 Å². The smallest absolute Gasteiger partial charge is 0.158 e. The summed E-state index contributed by atoms with van der Waals surface area (Å²) in [5.74, 6) is 0.272. The lowest BCUT2D eigenvalue weighted by atomic mass is 10.1. The number of nitrogens with one attached hydrogen (secondary N) is 1. The van der Waals surface area contributed by atoms with Crippen LogP contribution in [-0.2, 0) is 14.6 Å². The second-order valence-corrected chi connectivity index (χ2v) is 6.37. The molecule has 0 amide bonds. The molecule has 2 aliphatic rings. The van der Waals surface area contributed by atoms with Crippen molar-refractivity contribution in [1.82, 2.24) is 5.32 Å². The largest absolute Gasteiger partial charge is 0.380 e. The van der Waals surface area contributed by atoms with Crippen LogP contribution in [0.4, 0.5) is 0 Å². The fraction of sp³-hybridized carbons (Fsp3) is 1.00. The van der Waals surface area contributed by atoms with Crippen molar-refractivity contribution in [3.8, 4) is 0 Å². The first kappa shape index (κ1) is 10.4. The van der Waals surface area contributed by atoms with E-state index in [1.165, 1.54) is 0 Å². The summed E-state index contributed by atoms with van der Waals surface area (Å²) in [4.78, 5) is 0. The summed E-state index contributed by atoms with van der Waals surface area (Å²) in [5, 5.41) is 3.10. The molecule has 2 rings (SSSR count). The Morgan fingerprint density at radius 3 is 3.00 bits per heavy atom. The van der Waals surface area contributed by atoms with Crippen molar-refractivity contribution in [3.05, 3.63) is 0 Å². The minimum absolute atomic E-state index is 0.118. The summed E-state index contributed by atoms with van der Waals surface area (Å²) < 4.78 is 29.0. The minimum atomic E-state index is -2.93. The molecule has 0 radical (unpaired) electrons. The molecule has 0 bridgehead atoms. The highest BCUT2D eigenvalue weighted by Crippen LogP contribution is 2.22. The van der Waals surface area contributed by atoms with Gasteiger partial charge in [0, 0.05) is 18.7 Å². The second kappa shape index (κ2) is 3.79. The maximum Gasteiger partial charge on any atom is 0.158 e. The average Bonchev–Trinajstić information content (AvgIpc) is 2.17. The molecule has 0 aliphatic carbocycles. The molecular weight excluding hydrogens is 202 g/mol. The van der Waals surface area contributed by atoms with Gasteiger partial charge >= 0.3 is 0 Å². The molecule has 2 fully saturated rings. The lowest BCUT2D eigenvalue weighted by molar-refractivity contribution is 0.0750. The second-order valence-electron chi connectivity index (χ2n) is 4.11. The molecule has 1 N–H and O–H groups in total. The van der Waals surface area contributed by atoms with Crippen molar-refractivity contribution in [3.63, 3.8) is 0 Å². The Balaban J connectivity index is 2.18. The fourth-order valence-electron chi connectivity index (χ4n) is 2.25. The van der Waals surface area contributed by atoms with Crippen molar-refractivity contribution in [2.75, 3.05) is 19.0 Å². The van der Waals surface area contributed by atoms with Crippen LogP contribution in [0.1, 0.15) is 19.8 Å². The number of hydrogen-bond donors (Lipinski definition) is 1. The van der Waals surface area contributed by atoms with Crippen LogP contribution < -0.4 is 5.32 Å². The number of ether oxygens (including phenoxy) is 1. The summed E-state index contributed by atoms with van der Waals surface area (Å²) in [6.07, 6.45) is 1.70. The van der Waals surface area contributed by atoms with Crippen LogP contribution in [0.5, 0.6) is 0 Å². The number of sulfone groups is 1. The van der Waals surface area contributed by atoms with E-state index in [-0.39, 0.29) is 23.1 Å². The Bertz CT molecular complexity index is 301. The third-order valence-corrected chi connectivity index (χ3v) is 5.40. The van der Waals surface area contributed by atoms with E-state index in [0.29, 0.717) is 13.2 Å². The molecular formula is C9H17NO3S. The predicted octanol–water partition coefficient (Wildman–Crippen LogP) is -0.0595. The number of rotatable bonds is 1. The average molecular weight is 219 g/mol. The SMILES string of the molecule is CCC1CS(=O)(=O)C2COCCC2N1. The molecule has 0 saturated carbocycles. The Morgan fingerprint density at radius 2 is 2.29 bits per heavy atom. The summed E-state index contributed by atoms with van der Waals surface area (Å²) in [7, 11) is -2.93. The first-order chi connectivity index (χ1) is 6.63. The Kier molecular flexibility index (Phi) is 2.81. The van der Waals surface area contributed by atoms with Crippen molar-refractivity contribution < 1.29 is 13.2 Å². The molecule has 5 heteroatoms. The van der Waals surface area contributed by atoms with Crippen LogP contribution in [0.2, 0.25) is 0 Å². The molecule has 2 saturated heterocycles. The monoisotopic (exact) mass is 219 g/mol. The van der Waals surface area contributed by atoms with Crippen molar-refractivity contribution in [2.24, 2.45) is 0 Å². The lowest BCUT2D eigenvalue weighted by Gasteiger charge is -2.39. The standard InChI is InChI=1S/C9H17NO3S/c1-2-7-6-14(11,12)9-5-13-4-3-8(9)10-7/h7-10H,2-6H2,1H3. The Hall–Kier alpha value is -0.130. The van der Waals surface area contributed by atoms with Gasteiger partial charge in [0.25, 0.3) is 0 Å². The molecule has 3 atom stereocenters. The van der Waals surface area contributed by atoms with Crippen molar-refractivity contribution in [1.29, 1.82) is 0 Å².